The van der Waals surface area contributed by atoms with Gasteiger partial charge in [-0.05, 0) is 25.1 Å². The molecule has 0 amide bonds. The second-order valence-electron chi connectivity index (χ2n) is 3.61. The molecule has 0 saturated heterocycles. The minimum Gasteiger partial charge on any atom is -0.297 e. The Morgan fingerprint density at radius 1 is 1.39 bits per heavy atom. The van der Waals surface area contributed by atoms with Crippen LogP contribution in [0.3, 0.4) is 0 Å². The quantitative estimate of drug-likeness (QED) is 0.815. The molecule has 0 bridgehead atoms. The standard InChI is InChI=1S/C11H7BrClFN2O2/c1-5-9(13)15-11(18)16(10(5)17)8-4-6(12)2-3-7(8)14/h2-4H,1H3,(H,15,18). The average Bonchev–Trinajstić information content (AvgIpc) is 2.31. The van der Waals surface area contributed by atoms with Crippen molar-refractivity contribution in [3.63, 3.8) is 0 Å². The van der Waals surface area contributed by atoms with Crippen LogP contribution >= 0.6 is 27.5 Å². The minimum absolute atomic E-state index is 0.0448. The number of nitrogens with zero attached hydrogens (tertiary/aromatic N) is 1. The summed E-state index contributed by atoms with van der Waals surface area (Å²) in [6.45, 7) is 1.45. The van der Waals surface area contributed by atoms with Crippen LogP contribution in [-0.4, -0.2) is 9.55 Å². The van der Waals surface area contributed by atoms with E-state index in [9.17, 15) is 14.0 Å². The summed E-state index contributed by atoms with van der Waals surface area (Å²) < 4.78 is 14.9. The maximum Gasteiger partial charge on any atom is 0.334 e. The van der Waals surface area contributed by atoms with Crippen LogP contribution in [0.1, 0.15) is 5.56 Å². The lowest BCUT2D eigenvalue weighted by Crippen LogP contribution is -2.35. The summed E-state index contributed by atoms with van der Waals surface area (Å²) >= 11 is 8.83. The first-order valence-electron chi connectivity index (χ1n) is 4.88. The van der Waals surface area contributed by atoms with Crippen molar-refractivity contribution in [2.45, 2.75) is 6.92 Å². The summed E-state index contributed by atoms with van der Waals surface area (Å²) in [5, 5.41) is -0.0448. The van der Waals surface area contributed by atoms with E-state index in [0.717, 1.165) is 6.07 Å². The van der Waals surface area contributed by atoms with Gasteiger partial charge in [-0.25, -0.2) is 13.8 Å². The third kappa shape index (κ3) is 2.13. The Morgan fingerprint density at radius 2 is 2.06 bits per heavy atom. The molecular weight excluding hydrogens is 326 g/mol. The van der Waals surface area contributed by atoms with E-state index in [0.29, 0.717) is 9.04 Å². The van der Waals surface area contributed by atoms with Gasteiger partial charge in [-0.15, -0.1) is 0 Å². The van der Waals surface area contributed by atoms with Crippen LogP contribution in [-0.2, 0) is 0 Å². The van der Waals surface area contributed by atoms with Crippen LogP contribution < -0.4 is 11.2 Å². The molecule has 2 rings (SSSR count). The normalized spacial score (nSPS) is 10.7. The van der Waals surface area contributed by atoms with Gasteiger partial charge in [0.15, 0.2) is 0 Å². The van der Waals surface area contributed by atoms with Crippen molar-refractivity contribution in [3.8, 4) is 5.69 Å². The van der Waals surface area contributed by atoms with Crippen LogP contribution in [0.5, 0.6) is 0 Å². The van der Waals surface area contributed by atoms with Gasteiger partial charge >= 0.3 is 5.69 Å². The highest BCUT2D eigenvalue weighted by Crippen LogP contribution is 2.17. The lowest BCUT2D eigenvalue weighted by molar-refractivity contribution is 0.611. The first-order valence-corrected chi connectivity index (χ1v) is 6.06. The molecule has 1 heterocycles. The molecule has 2 aromatic rings. The largest absolute Gasteiger partial charge is 0.334 e. The molecule has 0 atom stereocenters. The Kier molecular flexibility index (Phi) is 3.41. The highest BCUT2D eigenvalue weighted by Gasteiger charge is 2.14. The SMILES string of the molecule is Cc1c(Cl)[nH]c(=O)n(-c2cc(Br)ccc2F)c1=O. The zero-order valence-corrected chi connectivity index (χ0v) is 11.5. The highest BCUT2D eigenvalue weighted by molar-refractivity contribution is 9.10. The van der Waals surface area contributed by atoms with Gasteiger partial charge in [-0.3, -0.25) is 9.78 Å². The topological polar surface area (TPSA) is 54.9 Å². The van der Waals surface area contributed by atoms with Crippen molar-refractivity contribution < 1.29 is 4.39 Å². The monoisotopic (exact) mass is 332 g/mol. The molecule has 0 aliphatic rings. The van der Waals surface area contributed by atoms with Gasteiger partial charge in [0, 0.05) is 4.47 Å². The van der Waals surface area contributed by atoms with Crippen LogP contribution in [0.2, 0.25) is 5.15 Å². The van der Waals surface area contributed by atoms with E-state index in [1.165, 1.54) is 19.1 Å². The Bertz CT molecular complexity index is 739. The highest BCUT2D eigenvalue weighted by atomic mass is 79.9. The Balaban J connectivity index is 2.88. The average molecular weight is 334 g/mol. The van der Waals surface area contributed by atoms with Gasteiger partial charge in [-0.1, -0.05) is 27.5 Å². The molecule has 18 heavy (non-hydrogen) atoms. The van der Waals surface area contributed by atoms with Crippen molar-refractivity contribution in [2.75, 3.05) is 0 Å². The van der Waals surface area contributed by atoms with E-state index < -0.39 is 17.1 Å². The molecule has 0 aliphatic carbocycles. The predicted octanol–water partition coefficient (Wildman–Crippen LogP) is 2.39. The number of aromatic nitrogens is 2. The number of aromatic amines is 1. The molecule has 0 fully saturated rings. The second kappa shape index (κ2) is 4.70. The number of nitrogens with one attached hydrogen (secondary N) is 1. The number of hydrogen-bond donors (Lipinski definition) is 1. The van der Waals surface area contributed by atoms with E-state index in [4.69, 9.17) is 11.6 Å². The second-order valence-corrected chi connectivity index (χ2v) is 4.90. The summed E-state index contributed by atoms with van der Waals surface area (Å²) in [4.78, 5) is 26.0. The fourth-order valence-corrected chi connectivity index (χ4v) is 1.98. The van der Waals surface area contributed by atoms with Crippen LogP contribution in [0.25, 0.3) is 5.69 Å². The third-order valence-corrected chi connectivity index (χ3v) is 3.29. The van der Waals surface area contributed by atoms with Crippen LogP contribution in [0.15, 0.2) is 32.3 Å². The Hall–Kier alpha value is -1.40. The number of benzene rings is 1. The van der Waals surface area contributed by atoms with Gasteiger partial charge in [0.2, 0.25) is 0 Å². The van der Waals surface area contributed by atoms with Gasteiger partial charge in [0.05, 0.1) is 11.3 Å². The molecule has 1 aromatic heterocycles. The lowest BCUT2D eigenvalue weighted by Gasteiger charge is -2.08. The maximum absolute atomic E-state index is 13.7. The molecule has 0 radical (unpaired) electrons. The van der Waals surface area contributed by atoms with Crippen molar-refractivity contribution in [1.29, 1.82) is 0 Å². The van der Waals surface area contributed by atoms with Crippen molar-refractivity contribution in [2.24, 2.45) is 0 Å². The smallest absolute Gasteiger partial charge is 0.297 e. The summed E-state index contributed by atoms with van der Waals surface area (Å²) in [5.41, 5.74) is -1.42. The number of rotatable bonds is 1. The molecule has 0 saturated carbocycles. The zero-order chi connectivity index (χ0) is 13.4. The van der Waals surface area contributed by atoms with E-state index in [1.807, 2.05) is 0 Å². The van der Waals surface area contributed by atoms with Crippen LogP contribution in [0.4, 0.5) is 4.39 Å². The number of H-pyrrole nitrogens is 1. The van der Waals surface area contributed by atoms with E-state index in [1.54, 1.807) is 0 Å². The summed E-state index contributed by atoms with van der Waals surface area (Å²) in [6, 6.07) is 3.98. The molecule has 4 nitrogen and oxygen atoms in total. The van der Waals surface area contributed by atoms with Crippen molar-refractivity contribution in [1.82, 2.24) is 9.55 Å². The van der Waals surface area contributed by atoms with Gasteiger partial charge in [0.25, 0.3) is 5.56 Å². The van der Waals surface area contributed by atoms with Crippen molar-refractivity contribution in [3.05, 3.63) is 60.0 Å². The Labute approximate surface area is 114 Å². The first kappa shape index (κ1) is 13.0. The molecule has 0 unspecified atom stereocenters. The summed E-state index contributed by atoms with van der Waals surface area (Å²) in [5.74, 6) is -0.674. The fourth-order valence-electron chi connectivity index (χ4n) is 1.47. The molecule has 94 valence electrons. The third-order valence-electron chi connectivity index (χ3n) is 2.42. The zero-order valence-electron chi connectivity index (χ0n) is 9.13. The number of hydrogen-bond acceptors (Lipinski definition) is 2. The number of halogens is 3. The molecule has 1 N–H and O–H groups in total. The van der Waals surface area contributed by atoms with Gasteiger partial charge < -0.3 is 0 Å². The van der Waals surface area contributed by atoms with Crippen LogP contribution in [0, 0.1) is 12.7 Å². The molecule has 7 heteroatoms. The molecule has 1 aromatic carbocycles. The molecule has 0 aliphatic heterocycles. The lowest BCUT2D eigenvalue weighted by atomic mass is 10.3. The van der Waals surface area contributed by atoms with Gasteiger partial charge in [0.1, 0.15) is 11.0 Å². The molecular formula is C11H7BrClFN2O2. The minimum atomic E-state index is -0.785. The van der Waals surface area contributed by atoms with E-state index >= 15 is 0 Å². The summed E-state index contributed by atoms with van der Waals surface area (Å²) in [6.07, 6.45) is 0. The Morgan fingerprint density at radius 3 is 2.72 bits per heavy atom. The summed E-state index contributed by atoms with van der Waals surface area (Å²) in [7, 11) is 0. The van der Waals surface area contributed by atoms with Gasteiger partial charge in [-0.2, -0.15) is 0 Å². The van der Waals surface area contributed by atoms with Crippen molar-refractivity contribution >= 4 is 27.5 Å². The fraction of sp³-hybridized carbons (Fsp3) is 0.0909. The first-order chi connectivity index (χ1) is 8.41. The van der Waals surface area contributed by atoms with E-state index in [-0.39, 0.29) is 16.4 Å². The predicted molar refractivity (Wildman–Crippen MR) is 70.1 cm³/mol. The van der Waals surface area contributed by atoms with E-state index in [2.05, 4.69) is 20.9 Å². The maximum atomic E-state index is 13.7. The molecule has 0 spiro atoms.